The molecule has 27 heavy (non-hydrogen) atoms. The molecule has 0 saturated carbocycles. The SMILES string of the molecule is O=C(N[C@@H](C(=O)N1C(=O)CCC1=O)c1ccccc1)OCc1ccccc1. The molecule has 4 amide bonds. The molecule has 7 heteroatoms. The largest absolute Gasteiger partial charge is 0.445 e. The number of benzene rings is 2. The topological polar surface area (TPSA) is 92.8 Å². The molecular weight excluding hydrogens is 348 g/mol. The van der Waals surface area contributed by atoms with Gasteiger partial charge >= 0.3 is 6.09 Å². The molecule has 138 valence electrons. The zero-order valence-corrected chi connectivity index (χ0v) is 14.5. The number of ether oxygens (including phenoxy) is 1. The van der Waals surface area contributed by atoms with Gasteiger partial charge in [0.15, 0.2) is 0 Å². The van der Waals surface area contributed by atoms with Crippen LogP contribution < -0.4 is 5.32 Å². The Kier molecular flexibility index (Phi) is 5.61. The summed E-state index contributed by atoms with van der Waals surface area (Å²) < 4.78 is 5.16. The van der Waals surface area contributed by atoms with Crippen LogP contribution in [0.5, 0.6) is 0 Å². The summed E-state index contributed by atoms with van der Waals surface area (Å²) in [7, 11) is 0. The fourth-order valence-corrected chi connectivity index (χ4v) is 2.77. The van der Waals surface area contributed by atoms with Crippen molar-refractivity contribution < 1.29 is 23.9 Å². The summed E-state index contributed by atoms with van der Waals surface area (Å²) in [6.45, 7) is 0.0317. The van der Waals surface area contributed by atoms with Gasteiger partial charge in [-0.05, 0) is 11.1 Å². The first-order chi connectivity index (χ1) is 13.1. The smallest absolute Gasteiger partial charge is 0.408 e. The lowest BCUT2D eigenvalue weighted by Gasteiger charge is -2.22. The van der Waals surface area contributed by atoms with Crippen LogP contribution in [0.25, 0.3) is 0 Å². The van der Waals surface area contributed by atoms with Crippen LogP contribution in [0, 0.1) is 0 Å². The number of alkyl carbamates (subject to hydrolysis) is 1. The number of likely N-dealkylation sites (tertiary alicyclic amines) is 1. The molecule has 1 aliphatic heterocycles. The van der Waals surface area contributed by atoms with Crippen LogP contribution in [-0.4, -0.2) is 28.7 Å². The molecule has 1 aliphatic rings. The molecule has 1 saturated heterocycles. The number of rotatable bonds is 5. The van der Waals surface area contributed by atoms with Crippen molar-refractivity contribution in [2.75, 3.05) is 0 Å². The van der Waals surface area contributed by atoms with Gasteiger partial charge < -0.3 is 10.1 Å². The molecule has 1 heterocycles. The average molecular weight is 366 g/mol. The van der Waals surface area contributed by atoms with Crippen molar-refractivity contribution in [1.82, 2.24) is 10.2 Å². The summed E-state index contributed by atoms with van der Waals surface area (Å²) in [5.74, 6) is -1.92. The monoisotopic (exact) mass is 366 g/mol. The number of carbonyl (C=O) groups excluding carboxylic acids is 4. The van der Waals surface area contributed by atoms with Gasteiger partial charge in [-0.25, -0.2) is 9.69 Å². The van der Waals surface area contributed by atoms with Crippen LogP contribution in [0.1, 0.15) is 30.0 Å². The van der Waals surface area contributed by atoms with Crippen molar-refractivity contribution >= 4 is 23.8 Å². The number of imide groups is 3. The maximum absolute atomic E-state index is 12.8. The van der Waals surface area contributed by atoms with Gasteiger partial charge in [0.2, 0.25) is 11.8 Å². The van der Waals surface area contributed by atoms with Gasteiger partial charge in [-0.2, -0.15) is 0 Å². The van der Waals surface area contributed by atoms with E-state index < -0.39 is 29.9 Å². The summed E-state index contributed by atoms with van der Waals surface area (Å²) in [5.41, 5.74) is 1.24. The van der Waals surface area contributed by atoms with Crippen molar-refractivity contribution in [3.05, 3.63) is 71.8 Å². The second kappa shape index (κ2) is 8.27. The Morgan fingerprint density at radius 3 is 2.07 bits per heavy atom. The molecule has 0 aromatic heterocycles. The van der Waals surface area contributed by atoms with Gasteiger partial charge in [0.05, 0.1) is 0 Å². The van der Waals surface area contributed by atoms with E-state index in [1.807, 2.05) is 18.2 Å². The zero-order valence-electron chi connectivity index (χ0n) is 14.5. The number of hydrogen-bond acceptors (Lipinski definition) is 5. The highest BCUT2D eigenvalue weighted by Crippen LogP contribution is 2.21. The predicted molar refractivity (Wildman–Crippen MR) is 95.0 cm³/mol. The number of nitrogens with one attached hydrogen (secondary N) is 1. The van der Waals surface area contributed by atoms with Crippen LogP contribution in [0.3, 0.4) is 0 Å². The van der Waals surface area contributed by atoms with Crippen molar-refractivity contribution in [2.45, 2.75) is 25.5 Å². The molecular formula is C20H18N2O5. The molecule has 1 atom stereocenters. The van der Waals surface area contributed by atoms with Gasteiger partial charge in [0.1, 0.15) is 12.6 Å². The van der Waals surface area contributed by atoms with Crippen molar-refractivity contribution in [2.24, 2.45) is 0 Å². The standard InChI is InChI=1S/C20H18N2O5/c23-16-11-12-17(24)22(16)19(25)18(15-9-5-2-6-10-15)21-20(26)27-13-14-7-3-1-4-8-14/h1-10,18H,11-13H2,(H,21,26)/t18-/m1/s1. The number of amides is 4. The number of nitrogens with zero attached hydrogens (tertiary/aromatic N) is 1. The molecule has 2 aromatic rings. The molecule has 0 aliphatic carbocycles. The van der Waals surface area contributed by atoms with E-state index in [-0.39, 0.29) is 19.4 Å². The highest BCUT2D eigenvalue weighted by Gasteiger charge is 2.39. The Hall–Kier alpha value is -3.48. The summed E-state index contributed by atoms with van der Waals surface area (Å²) in [5, 5.41) is 2.46. The molecule has 3 rings (SSSR count). The minimum atomic E-state index is -1.19. The fraction of sp³-hybridized carbons (Fsp3) is 0.200. The van der Waals surface area contributed by atoms with E-state index in [1.54, 1.807) is 42.5 Å². The van der Waals surface area contributed by atoms with Crippen LogP contribution in [-0.2, 0) is 25.7 Å². The van der Waals surface area contributed by atoms with E-state index in [0.717, 1.165) is 5.56 Å². The third kappa shape index (κ3) is 4.38. The molecule has 0 unspecified atom stereocenters. The third-order valence-corrected chi connectivity index (χ3v) is 4.13. The average Bonchev–Trinajstić information content (AvgIpc) is 3.03. The Balaban J connectivity index is 1.74. The lowest BCUT2D eigenvalue weighted by molar-refractivity contribution is -0.150. The van der Waals surface area contributed by atoms with E-state index >= 15 is 0 Å². The molecule has 0 radical (unpaired) electrons. The second-order valence-electron chi connectivity index (χ2n) is 6.01. The van der Waals surface area contributed by atoms with Crippen molar-refractivity contribution in [3.63, 3.8) is 0 Å². The molecule has 0 spiro atoms. The fourth-order valence-electron chi connectivity index (χ4n) is 2.77. The Morgan fingerprint density at radius 2 is 1.48 bits per heavy atom. The zero-order chi connectivity index (χ0) is 19.2. The van der Waals surface area contributed by atoms with E-state index in [0.29, 0.717) is 10.5 Å². The molecule has 0 bridgehead atoms. The van der Waals surface area contributed by atoms with Crippen LogP contribution in [0.15, 0.2) is 60.7 Å². The Morgan fingerprint density at radius 1 is 0.926 bits per heavy atom. The van der Waals surface area contributed by atoms with E-state index in [2.05, 4.69) is 5.32 Å². The van der Waals surface area contributed by atoms with Gasteiger partial charge in [0, 0.05) is 12.8 Å². The van der Waals surface area contributed by atoms with E-state index in [9.17, 15) is 19.2 Å². The maximum atomic E-state index is 12.8. The minimum Gasteiger partial charge on any atom is -0.445 e. The van der Waals surface area contributed by atoms with Gasteiger partial charge in [-0.1, -0.05) is 60.7 Å². The number of hydrogen-bond donors (Lipinski definition) is 1. The quantitative estimate of drug-likeness (QED) is 0.820. The molecule has 2 aromatic carbocycles. The van der Waals surface area contributed by atoms with E-state index in [1.165, 1.54) is 0 Å². The lowest BCUT2D eigenvalue weighted by Crippen LogP contribution is -2.45. The number of carbonyl (C=O) groups is 4. The summed E-state index contributed by atoms with van der Waals surface area (Å²) in [4.78, 5) is 49.4. The highest BCUT2D eigenvalue weighted by atomic mass is 16.5. The third-order valence-electron chi connectivity index (χ3n) is 4.13. The Labute approximate surface area is 155 Å². The molecule has 1 fully saturated rings. The first kappa shape index (κ1) is 18.3. The van der Waals surface area contributed by atoms with E-state index in [4.69, 9.17) is 4.74 Å². The Bertz CT molecular complexity index is 835. The molecule has 1 N–H and O–H groups in total. The summed E-state index contributed by atoms with van der Waals surface area (Å²) >= 11 is 0. The van der Waals surface area contributed by atoms with Crippen LogP contribution in [0.2, 0.25) is 0 Å². The first-order valence-corrected chi connectivity index (χ1v) is 8.48. The normalized spacial score (nSPS) is 14.7. The van der Waals surface area contributed by atoms with Gasteiger partial charge in [0.25, 0.3) is 5.91 Å². The lowest BCUT2D eigenvalue weighted by atomic mass is 10.1. The van der Waals surface area contributed by atoms with Gasteiger partial charge in [-0.15, -0.1) is 0 Å². The second-order valence-corrected chi connectivity index (χ2v) is 6.01. The summed E-state index contributed by atoms with van der Waals surface area (Å²) in [6.07, 6.45) is -0.838. The highest BCUT2D eigenvalue weighted by molar-refractivity contribution is 6.16. The van der Waals surface area contributed by atoms with Crippen LogP contribution in [0.4, 0.5) is 4.79 Å². The molecule has 7 nitrogen and oxygen atoms in total. The predicted octanol–water partition coefficient (Wildman–Crippen LogP) is 2.33. The maximum Gasteiger partial charge on any atom is 0.408 e. The van der Waals surface area contributed by atoms with Gasteiger partial charge in [-0.3, -0.25) is 14.4 Å². The van der Waals surface area contributed by atoms with Crippen molar-refractivity contribution in [3.8, 4) is 0 Å². The van der Waals surface area contributed by atoms with Crippen LogP contribution >= 0.6 is 0 Å². The summed E-state index contributed by atoms with van der Waals surface area (Å²) in [6, 6.07) is 16.3. The van der Waals surface area contributed by atoms with Crippen molar-refractivity contribution in [1.29, 1.82) is 0 Å². The minimum absolute atomic E-state index is 0.00939. The first-order valence-electron chi connectivity index (χ1n) is 8.48.